The van der Waals surface area contributed by atoms with Gasteiger partial charge in [0.15, 0.2) is 5.96 Å². The fraction of sp³-hybridized carbons (Fsp3) is 0.611. The number of likely N-dealkylation sites (N-methyl/N-ethyl adjacent to an activating group) is 1. The Morgan fingerprint density at radius 3 is 2.69 bits per heavy atom. The molecule has 0 aliphatic rings. The van der Waals surface area contributed by atoms with Crippen LogP contribution >= 0.6 is 0 Å². The van der Waals surface area contributed by atoms with E-state index in [0.29, 0.717) is 24.7 Å². The first kappa shape index (κ1) is 21.9. The van der Waals surface area contributed by atoms with Gasteiger partial charge in [-0.05, 0) is 32.0 Å². The van der Waals surface area contributed by atoms with Crippen LogP contribution in [0.15, 0.2) is 23.3 Å². The van der Waals surface area contributed by atoms with E-state index in [1.165, 1.54) is 0 Å². The van der Waals surface area contributed by atoms with Crippen molar-refractivity contribution in [3.8, 4) is 0 Å². The molecule has 1 aromatic heterocycles. The SMILES string of the molecule is CN=C(NCCC(=O)Nc1ccc(C)cn1)NCCN(C)CCCOC. The summed E-state index contributed by atoms with van der Waals surface area (Å²) >= 11 is 0. The molecule has 0 bridgehead atoms. The largest absolute Gasteiger partial charge is 0.385 e. The molecule has 0 fully saturated rings. The standard InChI is InChI=1S/C18H32N6O2/c1-15-6-7-16(22-14-15)23-17(25)8-9-20-18(19-2)21-10-12-24(3)11-5-13-26-4/h6-7,14H,5,8-13H2,1-4H3,(H2,19,20,21)(H,22,23,25). The van der Waals surface area contributed by atoms with E-state index in [1.807, 2.05) is 13.0 Å². The van der Waals surface area contributed by atoms with Gasteiger partial charge >= 0.3 is 0 Å². The molecule has 1 aromatic rings. The first-order valence-electron chi connectivity index (χ1n) is 8.89. The van der Waals surface area contributed by atoms with Crippen LogP contribution in [0.5, 0.6) is 0 Å². The Hall–Kier alpha value is -2.19. The first-order chi connectivity index (χ1) is 12.5. The van der Waals surface area contributed by atoms with Crippen molar-refractivity contribution in [2.24, 2.45) is 4.99 Å². The number of aromatic nitrogens is 1. The molecule has 1 amide bonds. The van der Waals surface area contributed by atoms with Gasteiger partial charge < -0.3 is 25.6 Å². The van der Waals surface area contributed by atoms with E-state index >= 15 is 0 Å². The zero-order chi connectivity index (χ0) is 19.2. The highest BCUT2D eigenvalue weighted by Crippen LogP contribution is 2.03. The number of rotatable bonds is 11. The highest BCUT2D eigenvalue weighted by molar-refractivity contribution is 5.90. The number of pyridine rings is 1. The maximum atomic E-state index is 11.9. The molecule has 8 heteroatoms. The summed E-state index contributed by atoms with van der Waals surface area (Å²) < 4.78 is 5.05. The second kappa shape index (κ2) is 13.1. The van der Waals surface area contributed by atoms with Crippen molar-refractivity contribution >= 4 is 17.7 Å². The quantitative estimate of drug-likeness (QED) is 0.306. The minimum absolute atomic E-state index is 0.0813. The normalized spacial score (nSPS) is 11.5. The predicted octanol–water partition coefficient (Wildman–Crippen LogP) is 0.852. The number of aliphatic imine (C=N–C) groups is 1. The molecule has 0 saturated heterocycles. The van der Waals surface area contributed by atoms with E-state index in [9.17, 15) is 4.79 Å². The van der Waals surface area contributed by atoms with E-state index in [2.05, 4.69) is 37.9 Å². The number of hydrogen-bond donors (Lipinski definition) is 3. The van der Waals surface area contributed by atoms with Crippen molar-refractivity contribution in [1.29, 1.82) is 0 Å². The third-order valence-corrected chi connectivity index (χ3v) is 3.72. The number of hydrogen-bond acceptors (Lipinski definition) is 5. The lowest BCUT2D eigenvalue weighted by atomic mass is 10.3. The number of amides is 1. The van der Waals surface area contributed by atoms with Crippen LogP contribution in [0.1, 0.15) is 18.4 Å². The summed E-state index contributed by atoms with van der Waals surface area (Å²) in [6, 6.07) is 3.71. The van der Waals surface area contributed by atoms with Gasteiger partial charge in [-0.2, -0.15) is 0 Å². The van der Waals surface area contributed by atoms with Gasteiger partial charge in [-0.1, -0.05) is 6.07 Å². The van der Waals surface area contributed by atoms with Crippen LogP contribution in [-0.2, 0) is 9.53 Å². The number of nitrogens with zero attached hydrogens (tertiary/aromatic N) is 3. The summed E-state index contributed by atoms with van der Waals surface area (Å²) in [6.07, 6.45) is 3.09. The molecular weight excluding hydrogens is 332 g/mol. The molecule has 1 heterocycles. The minimum atomic E-state index is -0.0813. The molecule has 0 radical (unpaired) electrons. The van der Waals surface area contributed by atoms with E-state index in [-0.39, 0.29) is 5.91 Å². The van der Waals surface area contributed by atoms with E-state index < -0.39 is 0 Å². The molecule has 0 saturated carbocycles. The van der Waals surface area contributed by atoms with Gasteiger partial charge in [0, 0.05) is 59.6 Å². The molecule has 26 heavy (non-hydrogen) atoms. The predicted molar refractivity (Wildman–Crippen MR) is 106 cm³/mol. The smallest absolute Gasteiger partial charge is 0.227 e. The Kier molecular flexibility index (Phi) is 11.0. The number of carbonyl (C=O) groups excluding carboxylic acids is 1. The zero-order valence-electron chi connectivity index (χ0n) is 16.3. The third-order valence-electron chi connectivity index (χ3n) is 3.72. The molecule has 0 aliphatic heterocycles. The number of aryl methyl sites for hydroxylation is 1. The van der Waals surface area contributed by atoms with Crippen molar-refractivity contribution in [1.82, 2.24) is 20.5 Å². The topological polar surface area (TPSA) is 90.9 Å². The highest BCUT2D eigenvalue weighted by atomic mass is 16.5. The lowest BCUT2D eigenvalue weighted by Gasteiger charge is -2.18. The van der Waals surface area contributed by atoms with Gasteiger partial charge in [0.2, 0.25) is 5.91 Å². The molecule has 8 nitrogen and oxygen atoms in total. The maximum absolute atomic E-state index is 11.9. The number of nitrogens with one attached hydrogen (secondary N) is 3. The molecule has 0 unspecified atom stereocenters. The highest BCUT2D eigenvalue weighted by Gasteiger charge is 2.05. The fourth-order valence-electron chi connectivity index (χ4n) is 2.22. The minimum Gasteiger partial charge on any atom is -0.385 e. The number of carbonyl (C=O) groups is 1. The fourth-order valence-corrected chi connectivity index (χ4v) is 2.22. The van der Waals surface area contributed by atoms with Crippen molar-refractivity contribution in [3.63, 3.8) is 0 Å². The van der Waals surface area contributed by atoms with Gasteiger partial charge in [-0.3, -0.25) is 9.79 Å². The number of ether oxygens (including phenoxy) is 1. The lowest BCUT2D eigenvalue weighted by molar-refractivity contribution is -0.116. The summed E-state index contributed by atoms with van der Waals surface area (Å²) in [5.41, 5.74) is 1.06. The van der Waals surface area contributed by atoms with Crippen LogP contribution in [0.4, 0.5) is 5.82 Å². The van der Waals surface area contributed by atoms with Crippen LogP contribution in [0.3, 0.4) is 0 Å². The molecule has 0 aromatic carbocycles. The van der Waals surface area contributed by atoms with E-state index in [4.69, 9.17) is 4.74 Å². The molecule has 146 valence electrons. The number of guanidine groups is 1. The van der Waals surface area contributed by atoms with Crippen LogP contribution in [-0.4, -0.2) is 75.7 Å². The summed E-state index contributed by atoms with van der Waals surface area (Å²) in [5, 5.41) is 9.16. The molecule has 3 N–H and O–H groups in total. The number of methoxy groups -OCH3 is 1. The molecule has 0 atom stereocenters. The molecule has 1 rings (SSSR count). The molecule has 0 spiro atoms. The Morgan fingerprint density at radius 2 is 2.04 bits per heavy atom. The molecular formula is C18H32N6O2. The van der Waals surface area contributed by atoms with Crippen LogP contribution < -0.4 is 16.0 Å². The van der Waals surface area contributed by atoms with Gasteiger partial charge in [0.05, 0.1) is 0 Å². The monoisotopic (exact) mass is 364 g/mol. The van der Waals surface area contributed by atoms with Gasteiger partial charge in [0.1, 0.15) is 5.82 Å². The van der Waals surface area contributed by atoms with Crippen LogP contribution in [0.2, 0.25) is 0 Å². The molecule has 0 aliphatic carbocycles. The lowest BCUT2D eigenvalue weighted by Crippen LogP contribution is -2.42. The van der Waals surface area contributed by atoms with Crippen molar-refractivity contribution in [2.45, 2.75) is 19.8 Å². The van der Waals surface area contributed by atoms with Crippen LogP contribution in [0.25, 0.3) is 0 Å². The third kappa shape index (κ3) is 9.95. The van der Waals surface area contributed by atoms with E-state index in [1.54, 1.807) is 26.4 Å². The average Bonchev–Trinajstić information content (AvgIpc) is 2.62. The number of anilines is 1. The van der Waals surface area contributed by atoms with Crippen molar-refractivity contribution in [3.05, 3.63) is 23.9 Å². The average molecular weight is 364 g/mol. The van der Waals surface area contributed by atoms with Gasteiger partial charge in [-0.15, -0.1) is 0 Å². The summed E-state index contributed by atoms with van der Waals surface area (Å²) in [4.78, 5) is 22.5. The summed E-state index contributed by atoms with van der Waals surface area (Å²) in [5.74, 6) is 1.18. The Morgan fingerprint density at radius 1 is 1.27 bits per heavy atom. The second-order valence-corrected chi connectivity index (χ2v) is 6.09. The summed E-state index contributed by atoms with van der Waals surface area (Å²) in [6.45, 7) is 5.92. The van der Waals surface area contributed by atoms with Gasteiger partial charge in [-0.25, -0.2) is 4.98 Å². The Balaban J connectivity index is 2.17. The summed E-state index contributed by atoms with van der Waals surface area (Å²) in [7, 11) is 5.51. The van der Waals surface area contributed by atoms with Gasteiger partial charge in [0.25, 0.3) is 0 Å². The maximum Gasteiger partial charge on any atom is 0.227 e. The first-order valence-corrected chi connectivity index (χ1v) is 8.89. The van der Waals surface area contributed by atoms with Crippen molar-refractivity contribution in [2.75, 3.05) is 59.3 Å². The van der Waals surface area contributed by atoms with Crippen molar-refractivity contribution < 1.29 is 9.53 Å². The zero-order valence-corrected chi connectivity index (χ0v) is 16.3. The van der Waals surface area contributed by atoms with E-state index in [0.717, 1.165) is 38.2 Å². The Bertz CT molecular complexity index is 547. The Labute approximate surface area is 156 Å². The second-order valence-electron chi connectivity index (χ2n) is 6.09. The van der Waals surface area contributed by atoms with Crippen LogP contribution in [0, 0.1) is 6.92 Å².